The van der Waals surface area contributed by atoms with Crippen molar-refractivity contribution in [2.75, 3.05) is 7.11 Å². The van der Waals surface area contributed by atoms with Crippen molar-refractivity contribution in [3.63, 3.8) is 0 Å². The predicted molar refractivity (Wildman–Crippen MR) is 111 cm³/mol. The van der Waals surface area contributed by atoms with E-state index in [1.165, 1.54) is 11.8 Å². The molecule has 1 N–H and O–H groups in total. The van der Waals surface area contributed by atoms with Crippen LogP contribution in [0, 0.1) is 0 Å². The van der Waals surface area contributed by atoms with Crippen LogP contribution in [0.4, 0.5) is 5.69 Å². The van der Waals surface area contributed by atoms with Gasteiger partial charge in [0.25, 0.3) is 5.91 Å². The molecule has 0 radical (unpaired) electrons. The van der Waals surface area contributed by atoms with Crippen molar-refractivity contribution in [2.45, 2.75) is 26.4 Å². The molecule has 1 atom stereocenters. The van der Waals surface area contributed by atoms with E-state index in [-0.39, 0.29) is 12.0 Å². The summed E-state index contributed by atoms with van der Waals surface area (Å²) in [6.07, 6.45) is 2.99. The van der Waals surface area contributed by atoms with Gasteiger partial charge in [0.2, 0.25) is 0 Å². The maximum absolute atomic E-state index is 12.2. The van der Waals surface area contributed by atoms with Crippen LogP contribution in [-0.2, 0) is 4.79 Å². The second-order valence-corrected chi connectivity index (χ2v) is 7.12. The highest BCUT2D eigenvalue weighted by Crippen LogP contribution is 2.29. The summed E-state index contributed by atoms with van der Waals surface area (Å²) in [6.45, 7) is 4.13. The number of hydrogen-bond acceptors (Lipinski definition) is 5. The molecule has 1 amide bonds. The Labute approximate surface area is 163 Å². The van der Waals surface area contributed by atoms with E-state index in [1.807, 2.05) is 61.5 Å². The number of amides is 1. The van der Waals surface area contributed by atoms with Crippen LogP contribution < -0.4 is 14.8 Å². The Hall–Kier alpha value is -2.73. The molecular formula is C21H22N2O3S. The van der Waals surface area contributed by atoms with Crippen LogP contribution in [0.15, 0.2) is 58.4 Å². The summed E-state index contributed by atoms with van der Waals surface area (Å²) in [7, 11) is 1.62. The first kappa shape index (κ1) is 19.0. The largest absolute Gasteiger partial charge is 0.497 e. The number of carbonyl (C=O) groups excluding carboxylic acids is 1. The van der Waals surface area contributed by atoms with Gasteiger partial charge in [0.15, 0.2) is 5.17 Å². The smallest absolute Gasteiger partial charge is 0.264 e. The van der Waals surface area contributed by atoms with Gasteiger partial charge < -0.3 is 14.8 Å². The Balaban J connectivity index is 1.70. The molecule has 0 aromatic heterocycles. The van der Waals surface area contributed by atoms with Gasteiger partial charge in [-0.15, -0.1) is 0 Å². The molecule has 0 bridgehead atoms. The van der Waals surface area contributed by atoms with Gasteiger partial charge in [-0.1, -0.05) is 19.1 Å². The molecule has 1 aliphatic heterocycles. The van der Waals surface area contributed by atoms with E-state index in [4.69, 9.17) is 9.47 Å². The monoisotopic (exact) mass is 382 g/mol. The quantitative estimate of drug-likeness (QED) is 0.732. The van der Waals surface area contributed by atoms with E-state index in [1.54, 1.807) is 7.11 Å². The van der Waals surface area contributed by atoms with Gasteiger partial charge in [-0.05, 0) is 73.1 Å². The highest BCUT2D eigenvalue weighted by Gasteiger charge is 2.23. The van der Waals surface area contributed by atoms with Crippen molar-refractivity contribution < 1.29 is 14.3 Å². The van der Waals surface area contributed by atoms with Crippen molar-refractivity contribution >= 4 is 34.6 Å². The van der Waals surface area contributed by atoms with Gasteiger partial charge in [0, 0.05) is 0 Å². The van der Waals surface area contributed by atoms with Crippen LogP contribution in [0.3, 0.4) is 0 Å². The number of nitrogens with one attached hydrogen (secondary N) is 1. The Bertz CT molecular complexity index is 858. The van der Waals surface area contributed by atoms with Crippen LogP contribution in [0.5, 0.6) is 11.5 Å². The van der Waals surface area contributed by atoms with Crippen LogP contribution >= 0.6 is 11.8 Å². The number of aliphatic imine (C=N–C) groups is 1. The number of rotatable bonds is 6. The molecular weight excluding hydrogens is 360 g/mol. The first-order chi connectivity index (χ1) is 13.1. The van der Waals surface area contributed by atoms with Gasteiger partial charge >= 0.3 is 0 Å². The summed E-state index contributed by atoms with van der Waals surface area (Å²) < 4.78 is 10.9. The lowest BCUT2D eigenvalue weighted by Gasteiger charge is -2.12. The highest BCUT2D eigenvalue weighted by atomic mass is 32.2. The van der Waals surface area contributed by atoms with Crippen molar-refractivity contribution in [1.82, 2.24) is 5.32 Å². The highest BCUT2D eigenvalue weighted by molar-refractivity contribution is 8.18. The fourth-order valence-corrected chi connectivity index (χ4v) is 3.21. The minimum absolute atomic E-state index is 0.146. The van der Waals surface area contributed by atoms with E-state index in [0.717, 1.165) is 29.2 Å². The molecule has 0 aliphatic carbocycles. The SMILES string of the molecule is CC[C@@H](C)Oc1ccc(/C=C2/SC(=Nc3ccc(OC)cc3)NC2=O)cc1. The minimum atomic E-state index is -0.146. The number of nitrogens with zero attached hydrogens (tertiary/aromatic N) is 1. The number of ether oxygens (including phenoxy) is 2. The zero-order valence-corrected chi connectivity index (χ0v) is 16.4. The van der Waals surface area contributed by atoms with Gasteiger partial charge in [-0.2, -0.15) is 0 Å². The zero-order chi connectivity index (χ0) is 19.2. The summed E-state index contributed by atoms with van der Waals surface area (Å²) in [5.74, 6) is 1.45. The van der Waals surface area contributed by atoms with Crippen LogP contribution in [0.25, 0.3) is 6.08 Å². The van der Waals surface area contributed by atoms with E-state index < -0.39 is 0 Å². The molecule has 1 fully saturated rings. The van der Waals surface area contributed by atoms with Gasteiger partial charge in [0.05, 0.1) is 23.8 Å². The molecule has 5 nitrogen and oxygen atoms in total. The van der Waals surface area contributed by atoms with Crippen LogP contribution in [0.1, 0.15) is 25.8 Å². The topological polar surface area (TPSA) is 59.9 Å². The number of benzene rings is 2. The van der Waals surface area contributed by atoms with E-state index in [2.05, 4.69) is 17.2 Å². The standard InChI is InChI=1S/C21H22N2O3S/c1-4-14(2)26-18-9-5-15(6-10-18)13-19-20(24)23-21(27-19)22-16-7-11-17(25-3)12-8-16/h5-14H,4H2,1-3H3,(H,22,23,24)/b19-13+/t14-/m1/s1. The van der Waals surface area contributed by atoms with Crippen molar-refractivity contribution in [3.8, 4) is 11.5 Å². The average molecular weight is 382 g/mol. The Morgan fingerprint density at radius 2 is 1.78 bits per heavy atom. The first-order valence-corrected chi connectivity index (χ1v) is 9.59. The summed E-state index contributed by atoms with van der Waals surface area (Å²) in [6, 6.07) is 15.1. The lowest BCUT2D eigenvalue weighted by atomic mass is 10.2. The molecule has 0 spiro atoms. The third-order valence-corrected chi connectivity index (χ3v) is 4.95. The Morgan fingerprint density at radius 3 is 2.41 bits per heavy atom. The lowest BCUT2D eigenvalue weighted by molar-refractivity contribution is -0.115. The maximum Gasteiger partial charge on any atom is 0.264 e. The molecule has 1 aliphatic rings. The van der Waals surface area contributed by atoms with Crippen molar-refractivity contribution in [1.29, 1.82) is 0 Å². The normalized spacial score (nSPS) is 17.8. The van der Waals surface area contributed by atoms with Gasteiger partial charge in [-0.3, -0.25) is 4.79 Å². The Morgan fingerprint density at radius 1 is 1.11 bits per heavy atom. The number of amidine groups is 1. The third-order valence-electron chi connectivity index (χ3n) is 4.04. The molecule has 1 heterocycles. The molecule has 2 aromatic carbocycles. The average Bonchev–Trinajstić information content (AvgIpc) is 3.02. The fourth-order valence-electron chi connectivity index (χ4n) is 2.36. The van der Waals surface area contributed by atoms with E-state index >= 15 is 0 Å². The number of hydrogen-bond donors (Lipinski definition) is 1. The lowest BCUT2D eigenvalue weighted by Crippen LogP contribution is -2.19. The number of carbonyl (C=O) groups is 1. The molecule has 0 unspecified atom stereocenters. The summed E-state index contributed by atoms with van der Waals surface area (Å²) in [4.78, 5) is 17.3. The van der Waals surface area contributed by atoms with Crippen LogP contribution in [0.2, 0.25) is 0 Å². The van der Waals surface area contributed by atoms with Gasteiger partial charge in [-0.25, -0.2) is 4.99 Å². The predicted octanol–water partition coefficient (Wildman–Crippen LogP) is 4.76. The molecule has 6 heteroatoms. The Kier molecular flexibility index (Phi) is 6.19. The van der Waals surface area contributed by atoms with Crippen molar-refractivity contribution in [3.05, 3.63) is 59.0 Å². The van der Waals surface area contributed by atoms with Crippen LogP contribution in [-0.4, -0.2) is 24.3 Å². The zero-order valence-electron chi connectivity index (χ0n) is 15.6. The molecule has 0 saturated carbocycles. The maximum atomic E-state index is 12.2. The van der Waals surface area contributed by atoms with E-state index in [0.29, 0.717) is 10.1 Å². The molecule has 1 saturated heterocycles. The first-order valence-electron chi connectivity index (χ1n) is 8.77. The number of thioether (sulfide) groups is 1. The molecule has 2 aromatic rings. The third kappa shape index (κ3) is 5.14. The molecule has 3 rings (SSSR count). The van der Waals surface area contributed by atoms with Gasteiger partial charge in [0.1, 0.15) is 11.5 Å². The second-order valence-electron chi connectivity index (χ2n) is 6.09. The fraction of sp³-hybridized carbons (Fsp3) is 0.238. The second kappa shape index (κ2) is 8.77. The van der Waals surface area contributed by atoms with Crippen molar-refractivity contribution in [2.24, 2.45) is 4.99 Å². The summed E-state index contributed by atoms with van der Waals surface area (Å²) in [5, 5.41) is 3.36. The van der Waals surface area contributed by atoms with E-state index in [9.17, 15) is 4.79 Å². The molecule has 140 valence electrons. The number of methoxy groups -OCH3 is 1. The summed E-state index contributed by atoms with van der Waals surface area (Å²) >= 11 is 1.32. The summed E-state index contributed by atoms with van der Waals surface area (Å²) in [5.41, 5.74) is 1.70. The minimum Gasteiger partial charge on any atom is -0.497 e. The molecule has 27 heavy (non-hydrogen) atoms.